The fourth-order valence-electron chi connectivity index (χ4n) is 0.599. The lowest BCUT2D eigenvalue weighted by Gasteiger charge is -2.08. The Balaban J connectivity index is 3.26. The lowest BCUT2D eigenvalue weighted by atomic mass is 10.2. The molecule has 0 saturated carbocycles. The highest BCUT2D eigenvalue weighted by Gasteiger charge is 2.01. The van der Waals surface area contributed by atoms with Gasteiger partial charge in [0.2, 0.25) is 5.91 Å². The first kappa shape index (κ1) is 8.39. The smallest absolute Gasteiger partial charge is 0.219 e. The summed E-state index contributed by atoms with van der Waals surface area (Å²) in [5.41, 5.74) is 10.5. The van der Waals surface area contributed by atoms with Gasteiger partial charge in [-0.2, -0.15) is 0 Å². The highest BCUT2D eigenvalue weighted by molar-refractivity contribution is 5.74. The van der Waals surface area contributed by atoms with E-state index >= 15 is 0 Å². The van der Waals surface area contributed by atoms with Gasteiger partial charge in [0.25, 0.3) is 0 Å². The van der Waals surface area contributed by atoms with Crippen molar-refractivity contribution in [1.82, 2.24) is 10.9 Å². The van der Waals surface area contributed by atoms with Crippen molar-refractivity contribution in [3.05, 3.63) is 0 Å². The minimum absolute atomic E-state index is 0.104. The molecule has 0 spiro atoms. The quantitative estimate of drug-likeness (QED) is 0.427. The molecular formula is C5H13N3O. The second-order valence-corrected chi connectivity index (χ2v) is 1.97. The summed E-state index contributed by atoms with van der Waals surface area (Å²) < 4.78 is 0. The number of nitrogens with one attached hydrogen (secondary N) is 2. The summed E-state index contributed by atoms with van der Waals surface area (Å²) in [5, 5.41) is 0. The molecular weight excluding hydrogens is 118 g/mol. The van der Waals surface area contributed by atoms with Crippen LogP contribution in [-0.4, -0.2) is 19.0 Å². The van der Waals surface area contributed by atoms with Gasteiger partial charge in [-0.05, 0) is 14.0 Å². The van der Waals surface area contributed by atoms with E-state index in [-0.39, 0.29) is 11.9 Å². The monoisotopic (exact) mass is 131 g/mol. The second kappa shape index (κ2) is 4.29. The Labute approximate surface area is 54.8 Å². The molecule has 4 nitrogen and oxygen atoms in total. The van der Waals surface area contributed by atoms with Crippen molar-refractivity contribution in [3.8, 4) is 0 Å². The van der Waals surface area contributed by atoms with Crippen LogP contribution in [0.25, 0.3) is 0 Å². The second-order valence-electron chi connectivity index (χ2n) is 1.97. The third-order valence-corrected chi connectivity index (χ3v) is 0.898. The fraction of sp³-hybridized carbons (Fsp3) is 0.800. The zero-order chi connectivity index (χ0) is 7.28. The van der Waals surface area contributed by atoms with Gasteiger partial charge in [0, 0.05) is 12.5 Å². The average Bonchev–Trinajstić information content (AvgIpc) is 1.63. The first-order valence-electron chi connectivity index (χ1n) is 2.87. The van der Waals surface area contributed by atoms with Crippen molar-refractivity contribution in [2.75, 3.05) is 7.05 Å². The zero-order valence-electron chi connectivity index (χ0n) is 5.77. The summed E-state index contributed by atoms with van der Waals surface area (Å²) in [6, 6.07) is 0.104. The van der Waals surface area contributed by atoms with Crippen molar-refractivity contribution in [2.45, 2.75) is 19.4 Å². The van der Waals surface area contributed by atoms with Crippen molar-refractivity contribution in [2.24, 2.45) is 5.73 Å². The van der Waals surface area contributed by atoms with Gasteiger partial charge < -0.3 is 5.73 Å². The highest BCUT2D eigenvalue weighted by Crippen LogP contribution is 1.84. The van der Waals surface area contributed by atoms with E-state index in [0.29, 0.717) is 6.42 Å². The van der Waals surface area contributed by atoms with E-state index in [9.17, 15) is 4.79 Å². The van der Waals surface area contributed by atoms with E-state index in [1.165, 1.54) is 0 Å². The van der Waals surface area contributed by atoms with Crippen molar-refractivity contribution in [3.63, 3.8) is 0 Å². The Kier molecular flexibility index (Phi) is 4.00. The maximum absolute atomic E-state index is 10.2. The van der Waals surface area contributed by atoms with E-state index in [4.69, 9.17) is 5.73 Å². The molecule has 4 N–H and O–H groups in total. The van der Waals surface area contributed by atoms with Gasteiger partial charge in [0.15, 0.2) is 0 Å². The van der Waals surface area contributed by atoms with E-state index in [1.54, 1.807) is 7.05 Å². The molecule has 1 unspecified atom stereocenters. The number of rotatable bonds is 4. The van der Waals surface area contributed by atoms with Crippen LogP contribution in [0.15, 0.2) is 0 Å². The van der Waals surface area contributed by atoms with E-state index in [2.05, 4.69) is 10.9 Å². The number of nitrogens with two attached hydrogens (primary N) is 1. The van der Waals surface area contributed by atoms with Crippen LogP contribution in [0.3, 0.4) is 0 Å². The summed E-state index contributed by atoms with van der Waals surface area (Å²) in [6.45, 7) is 1.88. The van der Waals surface area contributed by atoms with E-state index in [0.717, 1.165) is 0 Å². The van der Waals surface area contributed by atoms with Crippen LogP contribution < -0.4 is 16.6 Å². The largest absolute Gasteiger partial charge is 0.370 e. The van der Waals surface area contributed by atoms with Gasteiger partial charge in [0.1, 0.15) is 0 Å². The summed E-state index contributed by atoms with van der Waals surface area (Å²) in [6.07, 6.45) is 0.362. The maximum Gasteiger partial charge on any atom is 0.219 e. The van der Waals surface area contributed by atoms with Gasteiger partial charge in [-0.25, -0.2) is 0 Å². The first-order valence-corrected chi connectivity index (χ1v) is 2.87. The van der Waals surface area contributed by atoms with Crippen molar-refractivity contribution in [1.29, 1.82) is 0 Å². The molecule has 0 aromatic heterocycles. The molecule has 0 fully saturated rings. The number of carbonyl (C=O) groups is 1. The van der Waals surface area contributed by atoms with Gasteiger partial charge in [-0.3, -0.25) is 15.6 Å². The first-order chi connectivity index (χ1) is 4.16. The Morgan fingerprint density at radius 1 is 1.78 bits per heavy atom. The van der Waals surface area contributed by atoms with Crippen LogP contribution in [0.5, 0.6) is 0 Å². The van der Waals surface area contributed by atoms with Crippen LogP contribution in [0, 0.1) is 0 Å². The average molecular weight is 131 g/mol. The van der Waals surface area contributed by atoms with Crippen molar-refractivity contribution >= 4 is 5.91 Å². The molecule has 0 aromatic rings. The van der Waals surface area contributed by atoms with Crippen LogP contribution >= 0.6 is 0 Å². The molecule has 4 heteroatoms. The van der Waals surface area contributed by atoms with Gasteiger partial charge >= 0.3 is 0 Å². The fourth-order valence-corrected chi connectivity index (χ4v) is 0.599. The third-order valence-electron chi connectivity index (χ3n) is 0.898. The van der Waals surface area contributed by atoms with Crippen molar-refractivity contribution < 1.29 is 4.79 Å². The Morgan fingerprint density at radius 3 is 2.67 bits per heavy atom. The topological polar surface area (TPSA) is 67.2 Å². The highest BCUT2D eigenvalue weighted by atomic mass is 16.1. The van der Waals surface area contributed by atoms with Crippen LogP contribution in [0.1, 0.15) is 13.3 Å². The van der Waals surface area contributed by atoms with Gasteiger partial charge in [-0.1, -0.05) is 0 Å². The number of hydrazine groups is 1. The van der Waals surface area contributed by atoms with E-state index < -0.39 is 0 Å². The van der Waals surface area contributed by atoms with Gasteiger partial charge in [0.05, 0.1) is 0 Å². The zero-order valence-corrected chi connectivity index (χ0v) is 5.77. The lowest BCUT2D eigenvalue weighted by molar-refractivity contribution is -0.118. The molecule has 0 radical (unpaired) electrons. The SMILES string of the molecule is CNNC(C)CC(N)=O. The molecule has 9 heavy (non-hydrogen) atoms. The summed E-state index contributed by atoms with van der Waals surface area (Å²) >= 11 is 0. The maximum atomic E-state index is 10.2. The van der Waals surface area contributed by atoms with Gasteiger partial charge in [-0.15, -0.1) is 0 Å². The Bertz CT molecular complexity index is 94.2. The molecule has 0 bridgehead atoms. The number of carbonyl (C=O) groups excluding carboxylic acids is 1. The number of hydrogen-bond acceptors (Lipinski definition) is 3. The molecule has 54 valence electrons. The summed E-state index contributed by atoms with van der Waals surface area (Å²) in [7, 11) is 1.75. The van der Waals surface area contributed by atoms with E-state index in [1.807, 2.05) is 6.92 Å². The van der Waals surface area contributed by atoms with Crippen LogP contribution in [0.2, 0.25) is 0 Å². The summed E-state index contributed by atoms with van der Waals surface area (Å²) in [5.74, 6) is -0.287. The van der Waals surface area contributed by atoms with Crippen LogP contribution in [-0.2, 0) is 4.79 Å². The molecule has 0 heterocycles. The summed E-state index contributed by atoms with van der Waals surface area (Å²) in [4.78, 5) is 10.2. The molecule has 0 aliphatic rings. The molecule has 0 rings (SSSR count). The molecule has 0 aromatic carbocycles. The number of amides is 1. The molecule has 0 aliphatic carbocycles. The number of hydrogen-bond donors (Lipinski definition) is 3. The lowest BCUT2D eigenvalue weighted by Crippen LogP contribution is -2.38. The predicted octanol–water partition coefficient (Wildman–Crippen LogP) is -1.03. The number of primary amides is 1. The third kappa shape index (κ3) is 5.26. The normalized spacial score (nSPS) is 13.1. The molecule has 0 saturated heterocycles. The Morgan fingerprint density at radius 2 is 2.33 bits per heavy atom. The Hall–Kier alpha value is -0.610. The predicted molar refractivity (Wildman–Crippen MR) is 35.5 cm³/mol. The molecule has 1 atom stereocenters. The molecule has 0 aliphatic heterocycles. The standard InChI is InChI=1S/C5H13N3O/c1-4(8-7-2)3-5(6)9/h4,7-8H,3H2,1-2H3,(H2,6,9). The minimum atomic E-state index is -0.287. The van der Waals surface area contributed by atoms with Crippen LogP contribution in [0.4, 0.5) is 0 Å². The minimum Gasteiger partial charge on any atom is -0.370 e. The molecule has 1 amide bonds.